The lowest BCUT2D eigenvalue weighted by atomic mass is 9.80. The summed E-state index contributed by atoms with van der Waals surface area (Å²) < 4.78 is 13.8. The van der Waals surface area contributed by atoms with Crippen LogP contribution in [0, 0.1) is 11.8 Å². The van der Waals surface area contributed by atoms with Crippen molar-refractivity contribution < 1.29 is 28.6 Å². The van der Waals surface area contributed by atoms with Gasteiger partial charge in [0.2, 0.25) is 5.89 Å². The van der Waals surface area contributed by atoms with Crippen molar-refractivity contribution in [2.75, 3.05) is 19.6 Å². The number of piperidine rings is 3. The lowest BCUT2D eigenvalue weighted by Crippen LogP contribution is -2.63. The number of hydrogen-bond acceptors (Lipinski definition) is 6. The Hall–Kier alpha value is -2.42. The van der Waals surface area contributed by atoms with Crippen molar-refractivity contribution in [3.8, 4) is 0 Å². The van der Waals surface area contributed by atoms with Gasteiger partial charge in [-0.3, -0.25) is 0 Å². The first-order chi connectivity index (χ1) is 19.4. The van der Waals surface area contributed by atoms with E-state index in [2.05, 4.69) is 4.98 Å². The molecule has 3 aromatic rings. The van der Waals surface area contributed by atoms with Gasteiger partial charge in [-0.2, -0.15) is 0 Å². The van der Waals surface area contributed by atoms with E-state index in [1.165, 1.54) is 0 Å². The molecule has 214 valence electrons. The third kappa shape index (κ3) is 6.09. The molecule has 3 aliphatic heterocycles. The van der Waals surface area contributed by atoms with E-state index in [4.69, 9.17) is 42.3 Å². The van der Waals surface area contributed by atoms with Crippen molar-refractivity contribution in [2.45, 2.75) is 63.4 Å². The first-order valence-corrected chi connectivity index (χ1v) is 14.8. The highest BCUT2D eigenvalue weighted by atomic mass is 35.5. The number of carbonyl (C=O) groups excluding carboxylic acids is 1. The molecule has 2 atom stereocenters. The van der Waals surface area contributed by atoms with Gasteiger partial charge in [-0.25, -0.2) is 4.98 Å². The fourth-order valence-electron chi connectivity index (χ4n) is 6.92. The lowest BCUT2D eigenvalue weighted by molar-refractivity contribution is -0.959. The number of benzene rings is 2. The molecule has 4 heterocycles. The maximum absolute atomic E-state index is 12.1. The zero-order valence-electron chi connectivity index (χ0n) is 22.5. The first kappa shape index (κ1) is 29.1. The van der Waals surface area contributed by atoms with Gasteiger partial charge in [0.1, 0.15) is 19.2 Å². The van der Waals surface area contributed by atoms with Crippen molar-refractivity contribution >= 4 is 29.7 Å². The summed E-state index contributed by atoms with van der Waals surface area (Å²) in [5.74, 6) is 2.01. The Bertz CT molecular complexity index is 1270. The van der Waals surface area contributed by atoms with Crippen LogP contribution in [-0.4, -0.2) is 46.8 Å². The molecule has 0 unspecified atom stereocenters. The predicted molar refractivity (Wildman–Crippen MR) is 150 cm³/mol. The second-order valence-electron chi connectivity index (χ2n) is 11.4. The largest absolute Gasteiger partial charge is 0.554 e. The number of aliphatic hydroxyl groups is 1. The normalized spacial score (nSPS) is 25.7. The van der Waals surface area contributed by atoms with Crippen molar-refractivity contribution in [1.82, 2.24) is 4.98 Å². The van der Waals surface area contributed by atoms with Crippen LogP contribution in [0.1, 0.15) is 61.3 Å². The quantitative estimate of drug-likeness (QED) is 0.291. The number of quaternary nitrogens is 1. The summed E-state index contributed by atoms with van der Waals surface area (Å²) >= 11 is 12.3. The summed E-state index contributed by atoms with van der Waals surface area (Å²) in [5.41, 5.74) is 0.734. The highest BCUT2D eigenvalue weighted by Gasteiger charge is 2.48. The van der Waals surface area contributed by atoms with Crippen LogP contribution in [0.2, 0.25) is 10.0 Å². The van der Waals surface area contributed by atoms with Gasteiger partial charge in [0.05, 0.1) is 35.9 Å². The van der Waals surface area contributed by atoms with Crippen LogP contribution in [0.5, 0.6) is 0 Å². The summed E-state index contributed by atoms with van der Waals surface area (Å²) in [4.78, 5) is 12.9. The van der Waals surface area contributed by atoms with E-state index in [1.54, 1.807) is 0 Å². The van der Waals surface area contributed by atoms with Gasteiger partial charge in [0, 0.05) is 31.1 Å². The molecule has 40 heavy (non-hydrogen) atoms. The van der Waals surface area contributed by atoms with E-state index in [-0.39, 0.29) is 12.0 Å². The molecule has 0 amide bonds. The SMILES string of the molecule is O=C[O-].O[C@](c1ccccc1)(c1ncc(C[N+]23CCC(CC2)[C@@H](OCc2ccc(Cl)c(Cl)c2)C3)o1)C1CCCC1. The number of aromatic nitrogens is 1. The first-order valence-electron chi connectivity index (χ1n) is 14.1. The number of fused-ring (bicyclic) bond motifs is 3. The Labute approximate surface area is 245 Å². The van der Waals surface area contributed by atoms with Crippen LogP contribution in [0.4, 0.5) is 0 Å². The number of hydrogen-bond donors (Lipinski definition) is 1. The van der Waals surface area contributed by atoms with E-state index >= 15 is 0 Å². The summed E-state index contributed by atoms with van der Waals surface area (Å²) in [6.07, 6.45) is 8.61. The molecule has 2 aromatic carbocycles. The zero-order valence-corrected chi connectivity index (χ0v) is 24.0. The molecule has 1 N–H and O–H groups in total. The molecule has 7 rings (SSSR count). The third-order valence-corrected chi connectivity index (χ3v) is 9.76. The monoisotopic (exact) mass is 586 g/mol. The fraction of sp³-hybridized carbons (Fsp3) is 0.484. The highest BCUT2D eigenvalue weighted by Crippen LogP contribution is 2.45. The number of nitrogens with zero attached hydrogens (tertiary/aromatic N) is 2. The van der Waals surface area contributed by atoms with Gasteiger partial charge >= 0.3 is 0 Å². The Morgan fingerprint density at radius 3 is 2.45 bits per heavy atom. The molecule has 9 heteroatoms. The second-order valence-corrected chi connectivity index (χ2v) is 12.2. The van der Waals surface area contributed by atoms with Crippen molar-refractivity contribution in [1.29, 1.82) is 0 Å². The van der Waals surface area contributed by atoms with Crippen LogP contribution in [0.25, 0.3) is 0 Å². The van der Waals surface area contributed by atoms with Crippen LogP contribution >= 0.6 is 23.2 Å². The Balaban J connectivity index is 0.00000103. The fourth-order valence-corrected chi connectivity index (χ4v) is 7.24. The molecular formula is C31H36Cl2N2O5. The summed E-state index contributed by atoms with van der Waals surface area (Å²) in [5, 5.41) is 21.4. The van der Waals surface area contributed by atoms with Gasteiger partial charge in [-0.15, -0.1) is 0 Å². The van der Waals surface area contributed by atoms with E-state index < -0.39 is 12.1 Å². The van der Waals surface area contributed by atoms with Crippen molar-refractivity contribution in [3.63, 3.8) is 0 Å². The minimum Gasteiger partial charge on any atom is -0.554 e. The van der Waals surface area contributed by atoms with Crippen LogP contribution in [0.15, 0.2) is 59.1 Å². The molecule has 4 fully saturated rings. The Morgan fingerprint density at radius 1 is 1.07 bits per heavy atom. The standard InChI is InChI=1S/C30H35Cl2N2O3.CH2O2/c31-26-11-10-21(16-27(26)32)20-36-28-19-34(14-12-22(28)13-15-34)18-25-17-33-29(37-25)30(35,24-8-4-5-9-24)23-6-2-1-3-7-23;2-1-3/h1-3,6-7,10-11,16-17,22,24,28,35H,4-5,8-9,12-15,18-20H2;1H,(H,2,3)/q+1;/p-1/t22?,28-,30-,34?;/m0./s1. The molecular weight excluding hydrogens is 551 g/mol. The second kappa shape index (κ2) is 12.6. The molecule has 1 aliphatic carbocycles. The van der Waals surface area contributed by atoms with Crippen molar-refractivity contribution in [2.24, 2.45) is 11.8 Å². The number of carboxylic acid groups (broad SMARTS) is 1. The third-order valence-electron chi connectivity index (χ3n) is 9.02. The van der Waals surface area contributed by atoms with Gasteiger partial charge in [-0.05, 0) is 36.1 Å². The smallest absolute Gasteiger partial charge is 0.231 e. The van der Waals surface area contributed by atoms with E-state index in [0.717, 1.165) is 86.1 Å². The predicted octanol–water partition coefficient (Wildman–Crippen LogP) is 5.10. The molecule has 3 saturated heterocycles. The summed E-state index contributed by atoms with van der Waals surface area (Å²) in [7, 11) is 0. The van der Waals surface area contributed by atoms with E-state index in [9.17, 15) is 5.11 Å². The zero-order chi connectivity index (χ0) is 28.2. The molecule has 2 bridgehead atoms. The molecule has 0 radical (unpaired) electrons. The highest BCUT2D eigenvalue weighted by molar-refractivity contribution is 6.42. The van der Waals surface area contributed by atoms with E-state index in [0.29, 0.717) is 28.5 Å². The summed E-state index contributed by atoms with van der Waals surface area (Å²) in [6, 6.07) is 15.6. The van der Waals surface area contributed by atoms with Crippen LogP contribution < -0.4 is 5.11 Å². The van der Waals surface area contributed by atoms with E-state index in [1.807, 2.05) is 54.7 Å². The molecule has 1 aromatic heterocycles. The van der Waals surface area contributed by atoms with Crippen LogP contribution in [0.3, 0.4) is 0 Å². The molecule has 7 nitrogen and oxygen atoms in total. The minimum absolute atomic E-state index is 0.123. The average molecular weight is 588 g/mol. The topological polar surface area (TPSA) is 95.6 Å². The molecule has 4 aliphatic rings. The number of rotatable bonds is 8. The summed E-state index contributed by atoms with van der Waals surface area (Å²) in [6.45, 7) is 4.03. The number of ether oxygens (including phenoxy) is 1. The molecule has 1 saturated carbocycles. The Morgan fingerprint density at radius 2 is 1.77 bits per heavy atom. The Kier molecular flexibility index (Phi) is 9.18. The average Bonchev–Trinajstić information content (AvgIpc) is 3.68. The number of carbonyl (C=O) groups is 1. The number of oxazole rings is 1. The van der Waals surface area contributed by atoms with Gasteiger partial charge in [0.25, 0.3) is 0 Å². The number of halogens is 2. The lowest BCUT2D eigenvalue weighted by Gasteiger charge is -2.52. The van der Waals surface area contributed by atoms with Gasteiger partial charge in [-0.1, -0.05) is 72.4 Å². The van der Waals surface area contributed by atoms with Crippen molar-refractivity contribution in [3.05, 3.63) is 87.6 Å². The maximum Gasteiger partial charge on any atom is 0.231 e. The maximum atomic E-state index is 12.1. The minimum atomic E-state index is -1.18. The van der Waals surface area contributed by atoms with Gasteiger partial charge in [0.15, 0.2) is 11.4 Å². The van der Waals surface area contributed by atoms with Crippen LogP contribution in [-0.2, 0) is 28.3 Å². The van der Waals surface area contributed by atoms with Gasteiger partial charge < -0.3 is 28.6 Å². The molecule has 0 spiro atoms.